The van der Waals surface area contributed by atoms with Crippen LogP contribution in [0.25, 0.3) is 21.7 Å². The van der Waals surface area contributed by atoms with E-state index in [1.165, 1.54) is 0 Å². The first-order chi connectivity index (χ1) is 13.7. The molecule has 7 heteroatoms. The van der Waals surface area contributed by atoms with E-state index in [-0.39, 0.29) is 11.3 Å². The number of aromatic nitrogens is 3. The van der Waals surface area contributed by atoms with Crippen molar-refractivity contribution >= 4 is 28.3 Å². The first-order valence-electron chi connectivity index (χ1n) is 9.17. The summed E-state index contributed by atoms with van der Waals surface area (Å²) >= 11 is 1.57. The number of thiophene rings is 1. The Morgan fingerprint density at radius 2 is 2.18 bits per heavy atom. The molecule has 5 rings (SSSR count). The number of amides is 1. The van der Waals surface area contributed by atoms with Gasteiger partial charge in [0.2, 0.25) is 0 Å². The molecule has 4 heterocycles. The standard InChI is InChI=1S/C21H18N4O2S/c1-13-18-14(11-15(16-5-4-10-28-16)24-20(18)27-25-13)19(26)23-12-21(7-8-21)17-6-2-3-9-22-17/h2-6,9-11H,7-8,12H2,1H3,(H,23,26). The molecule has 1 saturated carbocycles. The lowest BCUT2D eigenvalue weighted by molar-refractivity contribution is 0.0951. The van der Waals surface area contributed by atoms with Crippen molar-refractivity contribution in [1.29, 1.82) is 0 Å². The lowest BCUT2D eigenvalue weighted by Crippen LogP contribution is -2.32. The molecule has 0 radical (unpaired) electrons. The van der Waals surface area contributed by atoms with Crippen LogP contribution in [0.3, 0.4) is 0 Å². The molecule has 0 saturated heterocycles. The van der Waals surface area contributed by atoms with Gasteiger partial charge in [-0.1, -0.05) is 17.3 Å². The molecule has 4 aromatic heterocycles. The Balaban J connectivity index is 1.47. The summed E-state index contributed by atoms with van der Waals surface area (Å²) in [5.74, 6) is -0.140. The number of carbonyl (C=O) groups is 1. The van der Waals surface area contributed by atoms with Gasteiger partial charge in [0, 0.05) is 23.9 Å². The van der Waals surface area contributed by atoms with E-state index in [4.69, 9.17) is 4.52 Å². The summed E-state index contributed by atoms with van der Waals surface area (Å²) in [6.07, 6.45) is 3.86. The monoisotopic (exact) mass is 390 g/mol. The van der Waals surface area contributed by atoms with E-state index in [1.54, 1.807) is 17.5 Å². The van der Waals surface area contributed by atoms with Gasteiger partial charge >= 0.3 is 0 Å². The molecule has 28 heavy (non-hydrogen) atoms. The summed E-state index contributed by atoms with van der Waals surface area (Å²) in [6, 6.07) is 11.7. The number of hydrogen-bond acceptors (Lipinski definition) is 6. The molecule has 0 aromatic carbocycles. The highest BCUT2D eigenvalue weighted by Gasteiger charge is 2.45. The van der Waals surface area contributed by atoms with Crippen LogP contribution in [0.15, 0.2) is 52.5 Å². The van der Waals surface area contributed by atoms with Gasteiger partial charge in [0.25, 0.3) is 11.6 Å². The fourth-order valence-electron chi connectivity index (χ4n) is 3.52. The van der Waals surface area contributed by atoms with Crippen LogP contribution >= 0.6 is 11.3 Å². The quantitative estimate of drug-likeness (QED) is 0.554. The van der Waals surface area contributed by atoms with E-state index in [0.717, 1.165) is 29.1 Å². The molecular formula is C21H18N4O2S. The fourth-order valence-corrected chi connectivity index (χ4v) is 4.21. The van der Waals surface area contributed by atoms with Gasteiger partial charge in [-0.3, -0.25) is 9.78 Å². The van der Waals surface area contributed by atoms with Crippen LogP contribution < -0.4 is 5.32 Å². The molecule has 4 aromatic rings. The maximum absolute atomic E-state index is 13.1. The van der Waals surface area contributed by atoms with Gasteiger partial charge in [-0.2, -0.15) is 0 Å². The normalized spacial score (nSPS) is 14.9. The first-order valence-corrected chi connectivity index (χ1v) is 10.0. The smallest absolute Gasteiger partial charge is 0.259 e. The second kappa shape index (κ2) is 6.53. The highest BCUT2D eigenvalue weighted by molar-refractivity contribution is 7.13. The lowest BCUT2D eigenvalue weighted by atomic mass is 10.0. The molecule has 1 aliphatic rings. The zero-order valence-electron chi connectivity index (χ0n) is 15.3. The van der Waals surface area contributed by atoms with Crippen LogP contribution in [-0.2, 0) is 5.41 Å². The molecule has 0 unspecified atom stereocenters. The molecule has 0 atom stereocenters. The third kappa shape index (κ3) is 2.88. The van der Waals surface area contributed by atoms with E-state index in [9.17, 15) is 4.79 Å². The Morgan fingerprint density at radius 1 is 1.29 bits per heavy atom. The first kappa shape index (κ1) is 17.1. The summed E-state index contributed by atoms with van der Waals surface area (Å²) < 4.78 is 5.36. The third-order valence-corrected chi connectivity index (χ3v) is 6.18. The summed E-state index contributed by atoms with van der Waals surface area (Å²) in [7, 11) is 0. The van der Waals surface area contributed by atoms with E-state index in [0.29, 0.717) is 28.9 Å². The van der Waals surface area contributed by atoms with Crippen molar-refractivity contribution in [2.45, 2.75) is 25.2 Å². The van der Waals surface area contributed by atoms with E-state index < -0.39 is 0 Å². The molecule has 0 aliphatic heterocycles. The maximum atomic E-state index is 13.1. The van der Waals surface area contributed by atoms with Gasteiger partial charge in [-0.05, 0) is 49.4 Å². The Bertz CT molecular complexity index is 1150. The molecule has 1 N–H and O–H groups in total. The van der Waals surface area contributed by atoms with Crippen molar-refractivity contribution in [2.75, 3.05) is 6.54 Å². The summed E-state index contributed by atoms with van der Waals surface area (Å²) in [4.78, 5) is 23.1. The molecule has 0 bridgehead atoms. The molecule has 6 nitrogen and oxygen atoms in total. The highest BCUT2D eigenvalue weighted by atomic mass is 32.1. The zero-order valence-corrected chi connectivity index (χ0v) is 16.1. The average Bonchev–Trinajstić information content (AvgIpc) is 3.14. The zero-order chi connectivity index (χ0) is 19.1. The Hall–Kier alpha value is -3.06. The molecule has 1 aliphatic carbocycles. The predicted molar refractivity (Wildman–Crippen MR) is 107 cm³/mol. The number of nitrogens with one attached hydrogen (secondary N) is 1. The van der Waals surface area contributed by atoms with Crippen molar-refractivity contribution in [3.8, 4) is 10.6 Å². The lowest BCUT2D eigenvalue weighted by Gasteiger charge is -2.16. The average molecular weight is 390 g/mol. The molecule has 0 spiro atoms. The van der Waals surface area contributed by atoms with Crippen LogP contribution in [0.1, 0.15) is 34.6 Å². The topological polar surface area (TPSA) is 80.9 Å². The van der Waals surface area contributed by atoms with Gasteiger partial charge in [0.05, 0.1) is 27.2 Å². The van der Waals surface area contributed by atoms with Crippen LogP contribution in [0.2, 0.25) is 0 Å². The Morgan fingerprint density at radius 3 is 2.89 bits per heavy atom. The summed E-state index contributed by atoms with van der Waals surface area (Å²) in [5, 5.41) is 9.76. The fraction of sp³-hybridized carbons (Fsp3) is 0.238. The van der Waals surface area contributed by atoms with Crippen molar-refractivity contribution in [2.24, 2.45) is 0 Å². The van der Waals surface area contributed by atoms with Gasteiger partial charge in [-0.15, -0.1) is 11.3 Å². The van der Waals surface area contributed by atoms with Crippen LogP contribution in [0.4, 0.5) is 0 Å². The number of hydrogen-bond donors (Lipinski definition) is 1. The van der Waals surface area contributed by atoms with Gasteiger partial charge < -0.3 is 9.84 Å². The van der Waals surface area contributed by atoms with E-state index in [2.05, 4.69) is 20.4 Å². The Labute approximate surface area is 165 Å². The van der Waals surface area contributed by atoms with Crippen molar-refractivity contribution in [3.05, 3.63) is 64.9 Å². The van der Waals surface area contributed by atoms with Crippen LogP contribution in [-0.4, -0.2) is 27.6 Å². The van der Waals surface area contributed by atoms with Crippen LogP contribution in [0, 0.1) is 6.92 Å². The molecule has 1 fully saturated rings. The number of nitrogens with zero attached hydrogens (tertiary/aromatic N) is 3. The van der Waals surface area contributed by atoms with Crippen molar-refractivity contribution in [3.63, 3.8) is 0 Å². The highest BCUT2D eigenvalue weighted by Crippen LogP contribution is 2.46. The predicted octanol–water partition coefficient (Wildman–Crippen LogP) is 4.12. The van der Waals surface area contributed by atoms with Gasteiger partial charge in [0.1, 0.15) is 0 Å². The number of aryl methyl sites for hydroxylation is 1. The number of fused-ring (bicyclic) bond motifs is 1. The van der Waals surface area contributed by atoms with Crippen molar-refractivity contribution in [1.82, 2.24) is 20.4 Å². The second-order valence-corrected chi connectivity index (χ2v) is 8.11. The van der Waals surface area contributed by atoms with Gasteiger partial charge in [-0.25, -0.2) is 4.98 Å². The SMILES string of the molecule is Cc1noc2nc(-c3cccs3)cc(C(=O)NCC3(c4ccccn4)CC3)c12. The van der Waals surface area contributed by atoms with Crippen molar-refractivity contribution < 1.29 is 9.32 Å². The second-order valence-electron chi connectivity index (χ2n) is 7.16. The third-order valence-electron chi connectivity index (χ3n) is 5.28. The van der Waals surface area contributed by atoms with E-state index in [1.807, 2.05) is 48.7 Å². The summed E-state index contributed by atoms with van der Waals surface area (Å²) in [6.45, 7) is 2.39. The molecular weight excluding hydrogens is 372 g/mol. The number of pyridine rings is 2. The van der Waals surface area contributed by atoms with Crippen LogP contribution in [0.5, 0.6) is 0 Å². The largest absolute Gasteiger partial charge is 0.351 e. The number of rotatable bonds is 5. The minimum Gasteiger partial charge on any atom is -0.351 e. The summed E-state index contributed by atoms with van der Waals surface area (Å²) in [5.41, 5.74) is 3.30. The maximum Gasteiger partial charge on any atom is 0.259 e. The molecule has 1 amide bonds. The minimum atomic E-state index is -0.140. The molecule has 140 valence electrons. The Kier molecular flexibility index (Phi) is 3.98. The van der Waals surface area contributed by atoms with Gasteiger partial charge in [0.15, 0.2) is 0 Å². The number of carbonyl (C=O) groups excluding carboxylic acids is 1. The minimum absolute atomic E-state index is 0.0522. The van der Waals surface area contributed by atoms with E-state index >= 15 is 0 Å².